The van der Waals surface area contributed by atoms with Crippen LogP contribution in [0.4, 0.5) is 5.95 Å². The van der Waals surface area contributed by atoms with Crippen LogP contribution in [0.1, 0.15) is 17.7 Å². The van der Waals surface area contributed by atoms with Gasteiger partial charge in [-0.25, -0.2) is 0 Å². The van der Waals surface area contributed by atoms with E-state index in [1.54, 1.807) is 6.26 Å². The predicted molar refractivity (Wildman–Crippen MR) is 77.7 cm³/mol. The molecule has 3 heterocycles. The number of H-pyrrole nitrogens is 1. The van der Waals surface area contributed by atoms with Gasteiger partial charge in [-0.2, -0.15) is 4.98 Å². The number of aromatic amines is 1. The molecule has 1 aliphatic heterocycles. The number of rotatable bonds is 4. The lowest BCUT2D eigenvalue weighted by Gasteiger charge is -2.24. The second-order valence-electron chi connectivity index (χ2n) is 4.84. The van der Waals surface area contributed by atoms with E-state index in [-0.39, 0.29) is 6.10 Å². The summed E-state index contributed by atoms with van der Waals surface area (Å²) < 4.78 is 16.8. The fraction of sp³-hybridized carbons (Fsp3) is 0.200. The van der Waals surface area contributed by atoms with Gasteiger partial charge in [0, 0.05) is 0 Å². The number of hydrogen-bond acceptors (Lipinski definition) is 6. The smallest absolute Gasteiger partial charge is 0.242 e. The molecule has 3 aromatic rings. The van der Waals surface area contributed by atoms with Crippen LogP contribution in [0.3, 0.4) is 0 Å². The van der Waals surface area contributed by atoms with Gasteiger partial charge in [-0.15, -0.1) is 5.10 Å². The molecule has 0 radical (unpaired) electrons. The third-order valence-corrected chi connectivity index (χ3v) is 3.32. The summed E-state index contributed by atoms with van der Waals surface area (Å²) in [5, 5.41) is 10.1. The Morgan fingerprint density at radius 1 is 1.18 bits per heavy atom. The van der Waals surface area contributed by atoms with Crippen LogP contribution < -0.4 is 14.8 Å². The third kappa shape index (κ3) is 2.48. The molecule has 22 heavy (non-hydrogen) atoms. The molecular formula is C15H14N4O3. The van der Waals surface area contributed by atoms with Crippen LogP contribution in [0.5, 0.6) is 11.5 Å². The van der Waals surface area contributed by atoms with E-state index in [2.05, 4.69) is 20.5 Å². The van der Waals surface area contributed by atoms with Crippen LogP contribution in [-0.2, 0) is 6.54 Å². The van der Waals surface area contributed by atoms with Gasteiger partial charge in [0.2, 0.25) is 5.95 Å². The van der Waals surface area contributed by atoms with E-state index < -0.39 is 0 Å². The molecule has 7 nitrogen and oxygen atoms in total. The highest BCUT2D eigenvalue weighted by molar-refractivity contribution is 5.41. The molecule has 0 fully saturated rings. The maximum Gasteiger partial charge on any atom is 0.242 e. The van der Waals surface area contributed by atoms with Crippen molar-refractivity contribution in [2.24, 2.45) is 0 Å². The summed E-state index contributed by atoms with van der Waals surface area (Å²) in [6.45, 7) is 0.916. The Morgan fingerprint density at radius 3 is 2.95 bits per heavy atom. The van der Waals surface area contributed by atoms with Crippen molar-refractivity contribution in [3.8, 4) is 11.5 Å². The van der Waals surface area contributed by atoms with Crippen molar-refractivity contribution in [2.45, 2.75) is 12.6 Å². The molecular weight excluding hydrogens is 284 g/mol. The second kappa shape index (κ2) is 5.44. The normalized spacial score (nSPS) is 16.5. The first-order valence-electron chi connectivity index (χ1n) is 6.95. The fourth-order valence-corrected chi connectivity index (χ4v) is 2.23. The first-order valence-corrected chi connectivity index (χ1v) is 6.95. The Hall–Kier alpha value is -2.96. The molecule has 0 saturated carbocycles. The van der Waals surface area contributed by atoms with Gasteiger partial charge in [0.25, 0.3) is 0 Å². The number of aromatic nitrogens is 3. The van der Waals surface area contributed by atoms with E-state index in [0.29, 0.717) is 30.7 Å². The van der Waals surface area contributed by atoms with E-state index >= 15 is 0 Å². The average molecular weight is 298 g/mol. The van der Waals surface area contributed by atoms with E-state index in [4.69, 9.17) is 13.9 Å². The Balaban J connectivity index is 1.44. The van der Waals surface area contributed by atoms with Gasteiger partial charge in [0.05, 0.1) is 12.8 Å². The maximum absolute atomic E-state index is 5.88. The zero-order chi connectivity index (χ0) is 14.8. The Labute approximate surface area is 126 Å². The summed E-state index contributed by atoms with van der Waals surface area (Å²) in [7, 11) is 0. The van der Waals surface area contributed by atoms with Gasteiger partial charge < -0.3 is 19.2 Å². The predicted octanol–water partition coefficient (Wildman–Crippen LogP) is 2.52. The van der Waals surface area contributed by atoms with Crippen LogP contribution in [0.2, 0.25) is 0 Å². The van der Waals surface area contributed by atoms with Crippen LogP contribution in [-0.4, -0.2) is 21.8 Å². The zero-order valence-electron chi connectivity index (χ0n) is 11.7. The summed E-state index contributed by atoms with van der Waals surface area (Å²) >= 11 is 0. The third-order valence-electron chi connectivity index (χ3n) is 3.32. The Bertz CT molecular complexity index is 754. The number of furan rings is 1. The highest BCUT2D eigenvalue weighted by atomic mass is 16.6. The average Bonchev–Trinajstić information content (AvgIpc) is 3.24. The van der Waals surface area contributed by atoms with Crippen LogP contribution in [0, 0.1) is 0 Å². The minimum Gasteiger partial charge on any atom is -0.485 e. The Morgan fingerprint density at radius 2 is 2.09 bits per heavy atom. The van der Waals surface area contributed by atoms with E-state index in [9.17, 15) is 0 Å². The molecule has 0 saturated heterocycles. The van der Waals surface area contributed by atoms with Crippen LogP contribution >= 0.6 is 0 Å². The largest absolute Gasteiger partial charge is 0.485 e. The fourth-order valence-electron chi connectivity index (χ4n) is 2.23. The molecule has 2 N–H and O–H groups in total. The molecule has 0 spiro atoms. The molecule has 2 aromatic heterocycles. The number of nitrogens with zero attached hydrogens (tertiary/aromatic N) is 2. The number of ether oxygens (including phenoxy) is 2. The van der Waals surface area contributed by atoms with Crippen molar-refractivity contribution in [1.29, 1.82) is 0 Å². The number of fused-ring (bicyclic) bond motifs is 1. The van der Waals surface area contributed by atoms with Gasteiger partial charge in [-0.05, 0) is 24.3 Å². The number of hydrogen-bond donors (Lipinski definition) is 2. The summed E-state index contributed by atoms with van der Waals surface area (Å²) in [5.74, 6) is 3.39. The van der Waals surface area contributed by atoms with E-state index in [0.717, 1.165) is 11.5 Å². The summed E-state index contributed by atoms with van der Waals surface area (Å²) in [6.07, 6.45) is 1.33. The van der Waals surface area contributed by atoms with Crippen molar-refractivity contribution >= 4 is 5.95 Å². The lowest BCUT2D eigenvalue weighted by molar-refractivity contribution is 0.0853. The quantitative estimate of drug-likeness (QED) is 0.770. The first kappa shape index (κ1) is 12.8. The van der Waals surface area contributed by atoms with Gasteiger partial charge >= 0.3 is 0 Å². The highest BCUT2D eigenvalue weighted by Gasteiger charge is 2.25. The minimum absolute atomic E-state index is 0.304. The Kier molecular flexibility index (Phi) is 3.15. The number of nitrogens with one attached hydrogen (secondary N) is 2. The monoisotopic (exact) mass is 298 g/mol. The van der Waals surface area contributed by atoms with Crippen LogP contribution in [0.25, 0.3) is 0 Å². The zero-order valence-corrected chi connectivity index (χ0v) is 11.7. The molecule has 0 amide bonds. The lowest BCUT2D eigenvalue weighted by atomic mass is 10.2. The minimum atomic E-state index is -0.304. The molecule has 1 aliphatic rings. The van der Waals surface area contributed by atoms with Crippen LogP contribution in [0.15, 0.2) is 47.1 Å². The molecule has 1 atom stereocenters. The summed E-state index contributed by atoms with van der Waals surface area (Å²) in [4.78, 5) is 4.38. The molecule has 112 valence electrons. The molecule has 1 unspecified atom stereocenters. The van der Waals surface area contributed by atoms with Crippen molar-refractivity contribution in [1.82, 2.24) is 15.2 Å². The van der Waals surface area contributed by atoms with Crippen molar-refractivity contribution in [3.05, 3.63) is 54.2 Å². The highest BCUT2D eigenvalue weighted by Crippen LogP contribution is 2.35. The molecule has 1 aromatic carbocycles. The second-order valence-corrected chi connectivity index (χ2v) is 4.84. The number of para-hydroxylation sites is 2. The SMILES string of the molecule is c1coc(CNc2n[nH]c(C3COc4ccccc4O3)n2)c1. The van der Waals surface area contributed by atoms with Gasteiger partial charge in [0.15, 0.2) is 23.4 Å². The molecule has 7 heteroatoms. The van der Waals surface area contributed by atoms with Crippen molar-refractivity contribution in [3.63, 3.8) is 0 Å². The standard InChI is InChI=1S/C15H14N4O3/c1-2-6-12-11(5-1)21-9-13(22-12)14-17-15(19-18-14)16-8-10-4-3-7-20-10/h1-7,13H,8-9H2,(H2,16,17,18,19). The molecule has 0 bridgehead atoms. The van der Waals surface area contributed by atoms with Gasteiger partial charge in [-0.1, -0.05) is 12.1 Å². The number of anilines is 1. The number of benzene rings is 1. The summed E-state index contributed by atoms with van der Waals surface area (Å²) in [6, 6.07) is 11.3. The first-order chi connectivity index (χ1) is 10.9. The van der Waals surface area contributed by atoms with Gasteiger partial charge in [-0.3, -0.25) is 5.10 Å². The topological polar surface area (TPSA) is 85.2 Å². The molecule has 0 aliphatic carbocycles. The van der Waals surface area contributed by atoms with E-state index in [1.165, 1.54) is 0 Å². The maximum atomic E-state index is 5.88. The van der Waals surface area contributed by atoms with E-state index in [1.807, 2.05) is 36.4 Å². The van der Waals surface area contributed by atoms with Crippen molar-refractivity contribution in [2.75, 3.05) is 11.9 Å². The lowest BCUT2D eigenvalue weighted by Crippen LogP contribution is -2.22. The molecule has 4 rings (SSSR count). The van der Waals surface area contributed by atoms with Crippen molar-refractivity contribution < 1.29 is 13.9 Å². The van der Waals surface area contributed by atoms with Gasteiger partial charge in [0.1, 0.15) is 12.4 Å². The summed E-state index contributed by atoms with van der Waals surface area (Å²) in [5.41, 5.74) is 0.